The van der Waals surface area contributed by atoms with E-state index in [2.05, 4.69) is 9.72 Å². The third-order valence-corrected chi connectivity index (χ3v) is 2.43. The molecule has 0 fully saturated rings. The highest BCUT2D eigenvalue weighted by Crippen LogP contribution is 2.35. The zero-order valence-electron chi connectivity index (χ0n) is 8.91. The van der Waals surface area contributed by atoms with Crippen molar-refractivity contribution in [2.45, 2.75) is 6.36 Å². The number of ether oxygens (including phenoxy) is 1. The van der Waals surface area contributed by atoms with Gasteiger partial charge in [0.25, 0.3) is 0 Å². The summed E-state index contributed by atoms with van der Waals surface area (Å²) < 4.78 is 40.7. The molecule has 2 rings (SSSR count). The molecule has 94 valence electrons. The normalized spacial score (nSPS) is 11.3. The van der Waals surface area contributed by atoms with Crippen LogP contribution in [0, 0.1) is 0 Å². The van der Waals surface area contributed by atoms with E-state index >= 15 is 0 Å². The van der Waals surface area contributed by atoms with Crippen LogP contribution in [0.3, 0.4) is 0 Å². The zero-order chi connectivity index (χ0) is 13.2. The summed E-state index contributed by atoms with van der Waals surface area (Å²) in [6, 6.07) is 8.86. The number of rotatable bonds is 2. The Hall–Kier alpha value is -1.75. The molecule has 0 aliphatic rings. The van der Waals surface area contributed by atoms with Crippen molar-refractivity contribution in [3.63, 3.8) is 0 Å². The fourth-order valence-corrected chi connectivity index (χ4v) is 1.68. The van der Waals surface area contributed by atoms with Crippen LogP contribution in [0.2, 0.25) is 5.02 Å². The second-order valence-corrected chi connectivity index (χ2v) is 3.78. The van der Waals surface area contributed by atoms with Gasteiger partial charge < -0.3 is 4.74 Å². The smallest absolute Gasteiger partial charge is 0.405 e. The molecule has 1 aromatic carbocycles. The molecule has 0 radical (unpaired) electrons. The summed E-state index contributed by atoms with van der Waals surface area (Å²) in [5.41, 5.74) is 0.444. The van der Waals surface area contributed by atoms with Crippen LogP contribution in [0.1, 0.15) is 0 Å². The molecule has 0 aliphatic heterocycles. The highest BCUT2D eigenvalue weighted by Gasteiger charge is 2.32. The van der Waals surface area contributed by atoms with Crippen molar-refractivity contribution < 1.29 is 17.9 Å². The third kappa shape index (κ3) is 2.92. The summed E-state index contributed by atoms with van der Waals surface area (Å²) in [7, 11) is 0. The zero-order valence-corrected chi connectivity index (χ0v) is 9.66. The Morgan fingerprint density at radius 2 is 1.78 bits per heavy atom. The van der Waals surface area contributed by atoms with Gasteiger partial charge in [0.1, 0.15) is 5.75 Å². The van der Waals surface area contributed by atoms with Crippen molar-refractivity contribution >= 4 is 11.6 Å². The van der Waals surface area contributed by atoms with Crippen LogP contribution in [-0.2, 0) is 0 Å². The molecular weight excluding hydrogens is 267 g/mol. The number of para-hydroxylation sites is 1. The van der Waals surface area contributed by atoms with E-state index in [1.54, 1.807) is 18.2 Å². The summed E-state index contributed by atoms with van der Waals surface area (Å²) in [4.78, 5) is 3.96. The molecule has 0 saturated carbocycles. The van der Waals surface area contributed by atoms with Gasteiger partial charge >= 0.3 is 6.36 Å². The van der Waals surface area contributed by atoms with E-state index in [-0.39, 0.29) is 22.0 Å². The minimum absolute atomic E-state index is 0.195. The first-order chi connectivity index (χ1) is 8.47. The number of nitrogens with zero attached hydrogens (tertiary/aromatic N) is 1. The van der Waals surface area contributed by atoms with Crippen LogP contribution in [-0.4, -0.2) is 11.3 Å². The minimum Gasteiger partial charge on any atom is -0.405 e. The molecule has 0 N–H and O–H groups in total. The number of hydrogen-bond donors (Lipinski definition) is 0. The SMILES string of the molecule is FC(F)(F)Oc1ccccc1-c1ncccc1Cl. The highest BCUT2D eigenvalue weighted by atomic mass is 35.5. The number of hydrogen-bond acceptors (Lipinski definition) is 2. The first kappa shape index (κ1) is 12.7. The largest absolute Gasteiger partial charge is 0.573 e. The molecule has 0 spiro atoms. The average Bonchev–Trinajstić information content (AvgIpc) is 2.29. The van der Waals surface area contributed by atoms with Gasteiger partial charge in [0.05, 0.1) is 10.7 Å². The number of aromatic nitrogens is 1. The van der Waals surface area contributed by atoms with Gasteiger partial charge in [-0.25, -0.2) is 0 Å². The van der Waals surface area contributed by atoms with E-state index in [9.17, 15) is 13.2 Å². The predicted molar refractivity (Wildman–Crippen MR) is 61.4 cm³/mol. The van der Waals surface area contributed by atoms with Crippen LogP contribution in [0.15, 0.2) is 42.6 Å². The van der Waals surface area contributed by atoms with E-state index in [0.717, 1.165) is 0 Å². The van der Waals surface area contributed by atoms with Gasteiger partial charge in [-0.2, -0.15) is 0 Å². The van der Waals surface area contributed by atoms with Crippen molar-refractivity contribution in [1.82, 2.24) is 4.98 Å². The second-order valence-electron chi connectivity index (χ2n) is 3.38. The second kappa shape index (κ2) is 4.86. The van der Waals surface area contributed by atoms with Crippen LogP contribution >= 0.6 is 11.6 Å². The molecule has 2 nitrogen and oxygen atoms in total. The monoisotopic (exact) mass is 273 g/mol. The first-order valence-electron chi connectivity index (χ1n) is 4.93. The van der Waals surface area contributed by atoms with Crippen molar-refractivity contribution in [3.05, 3.63) is 47.6 Å². The fraction of sp³-hybridized carbons (Fsp3) is 0.0833. The Morgan fingerprint density at radius 1 is 1.06 bits per heavy atom. The molecule has 0 amide bonds. The molecule has 1 aromatic heterocycles. The number of pyridine rings is 1. The molecule has 0 atom stereocenters. The van der Waals surface area contributed by atoms with Gasteiger partial charge in [-0.3, -0.25) is 4.98 Å². The molecule has 0 saturated heterocycles. The van der Waals surface area contributed by atoms with E-state index in [1.807, 2.05) is 0 Å². The van der Waals surface area contributed by atoms with Gasteiger partial charge in [-0.05, 0) is 24.3 Å². The van der Waals surface area contributed by atoms with Crippen LogP contribution in [0.25, 0.3) is 11.3 Å². The van der Waals surface area contributed by atoms with Crippen molar-refractivity contribution in [1.29, 1.82) is 0 Å². The third-order valence-electron chi connectivity index (χ3n) is 2.13. The van der Waals surface area contributed by atoms with E-state index in [4.69, 9.17) is 11.6 Å². The van der Waals surface area contributed by atoms with Crippen LogP contribution in [0.5, 0.6) is 5.75 Å². The summed E-state index contributed by atoms with van der Waals surface area (Å²) in [5.74, 6) is -0.328. The number of halogens is 4. The van der Waals surface area contributed by atoms with Crippen molar-refractivity contribution in [2.24, 2.45) is 0 Å². The van der Waals surface area contributed by atoms with Crippen molar-refractivity contribution in [3.8, 4) is 17.0 Å². The fourth-order valence-electron chi connectivity index (χ4n) is 1.46. The molecule has 18 heavy (non-hydrogen) atoms. The lowest BCUT2D eigenvalue weighted by molar-refractivity contribution is -0.274. The standard InChI is InChI=1S/C12H7ClF3NO/c13-9-5-3-7-17-11(9)8-4-1-2-6-10(8)18-12(14,15)16/h1-7H. The van der Waals surface area contributed by atoms with Gasteiger partial charge in [-0.15, -0.1) is 13.2 Å². The Labute approximate surface area is 106 Å². The van der Waals surface area contributed by atoms with E-state index in [0.29, 0.717) is 0 Å². The quantitative estimate of drug-likeness (QED) is 0.814. The lowest BCUT2D eigenvalue weighted by Crippen LogP contribution is -2.17. The summed E-state index contributed by atoms with van der Waals surface area (Å²) in [6.07, 6.45) is -3.30. The van der Waals surface area contributed by atoms with E-state index < -0.39 is 6.36 Å². The maximum absolute atomic E-state index is 12.3. The Bertz CT molecular complexity index is 557. The maximum Gasteiger partial charge on any atom is 0.573 e. The molecule has 0 aliphatic carbocycles. The summed E-state index contributed by atoms with van der Waals surface area (Å²) in [5, 5.41) is 0.260. The minimum atomic E-state index is -4.75. The average molecular weight is 274 g/mol. The van der Waals surface area contributed by atoms with Gasteiger partial charge in [-0.1, -0.05) is 23.7 Å². The topological polar surface area (TPSA) is 22.1 Å². The van der Waals surface area contributed by atoms with Crippen LogP contribution < -0.4 is 4.74 Å². The summed E-state index contributed by atoms with van der Waals surface area (Å²) >= 11 is 5.90. The van der Waals surface area contributed by atoms with E-state index in [1.165, 1.54) is 24.4 Å². The Kier molecular flexibility index (Phi) is 3.43. The van der Waals surface area contributed by atoms with Gasteiger partial charge in [0.15, 0.2) is 0 Å². The lowest BCUT2D eigenvalue weighted by Gasteiger charge is -2.13. The number of alkyl halides is 3. The molecule has 2 aromatic rings. The Morgan fingerprint density at radius 3 is 2.44 bits per heavy atom. The molecule has 6 heteroatoms. The number of benzene rings is 1. The first-order valence-corrected chi connectivity index (χ1v) is 5.31. The molecular formula is C12H7ClF3NO. The van der Waals surface area contributed by atoms with Gasteiger partial charge in [0, 0.05) is 11.8 Å². The van der Waals surface area contributed by atoms with Gasteiger partial charge in [0.2, 0.25) is 0 Å². The van der Waals surface area contributed by atoms with Crippen LogP contribution in [0.4, 0.5) is 13.2 Å². The molecule has 1 heterocycles. The molecule has 0 unspecified atom stereocenters. The maximum atomic E-state index is 12.3. The highest BCUT2D eigenvalue weighted by molar-refractivity contribution is 6.33. The summed E-state index contributed by atoms with van der Waals surface area (Å²) in [6.45, 7) is 0. The van der Waals surface area contributed by atoms with Crippen molar-refractivity contribution in [2.75, 3.05) is 0 Å². The predicted octanol–water partition coefficient (Wildman–Crippen LogP) is 4.30. The Balaban J connectivity index is 2.49. The molecule has 0 bridgehead atoms. The lowest BCUT2D eigenvalue weighted by atomic mass is 10.1.